The number of phenolic OH excluding ortho intramolecular Hbond substituents is 1. The van der Waals surface area contributed by atoms with Crippen LogP contribution in [0.3, 0.4) is 0 Å². The molecular formula is C14H20FN3O4. The van der Waals surface area contributed by atoms with Crippen molar-refractivity contribution < 1.29 is 24.5 Å². The minimum Gasteiger partial charge on any atom is -0.504 e. The molecule has 1 aliphatic rings. The molecule has 1 saturated heterocycles. The number of nitrogens with zero attached hydrogens (tertiary/aromatic N) is 1. The Morgan fingerprint density at radius 3 is 2.68 bits per heavy atom. The van der Waals surface area contributed by atoms with E-state index in [4.69, 9.17) is 5.11 Å². The number of piperazine rings is 1. The Bertz CT molecular complexity index is 562. The number of aromatic carboxylic acids is 1. The van der Waals surface area contributed by atoms with Gasteiger partial charge >= 0.3 is 5.97 Å². The number of phenols is 1. The minimum absolute atomic E-state index is 0.0147. The van der Waals surface area contributed by atoms with Crippen molar-refractivity contribution in [3.8, 4) is 5.75 Å². The van der Waals surface area contributed by atoms with Crippen LogP contribution in [0.5, 0.6) is 5.75 Å². The molecule has 0 spiro atoms. The molecule has 1 aromatic carbocycles. The highest BCUT2D eigenvalue weighted by Gasteiger charge is 2.26. The van der Waals surface area contributed by atoms with E-state index in [0.717, 1.165) is 6.07 Å². The Labute approximate surface area is 127 Å². The van der Waals surface area contributed by atoms with E-state index in [1.807, 2.05) is 0 Å². The van der Waals surface area contributed by atoms with Gasteiger partial charge in [0.05, 0.1) is 17.9 Å². The van der Waals surface area contributed by atoms with Gasteiger partial charge in [-0.2, -0.15) is 0 Å². The zero-order chi connectivity index (χ0) is 16.3. The maximum atomic E-state index is 14.3. The van der Waals surface area contributed by atoms with Crippen LogP contribution in [-0.2, 0) is 0 Å². The number of nitrogens with one attached hydrogen (secondary N) is 2. The third-order valence-corrected chi connectivity index (χ3v) is 3.56. The molecule has 8 heteroatoms. The van der Waals surface area contributed by atoms with E-state index in [9.17, 15) is 19.4 Å². The number of hydrogen-bond donors (Lipinski definition) is 5. The van der Waals surface area contributed by atoms with E-state index in [-0.39, 0.29) is 23.5 Å². The highest BCUT2D eigenvalue weighted by atomic mass is 19.1. The second-order valence-corrected chi connectivity index (χ2v) is 5.25. The van der Waals surface area contributed by atoms with Gasteiger partial charge in [0, 0.05) is 32.2 Å². The van der Waals surface area contributed by atoms with Gasteiger partial charge in [-0.3, -0.25) is 0 Å². The van der Waals surface area contributed by atoms with E-state index in [1.54, 1.807) is 11.8 Å². The third kappa shape index (κ3) is 3.23. The monoisotopic (exact) mass is 313 g/mol. The Kier molecular flexibility index (Phi) is 5.04. The van der Waals surface area contributed by atoms with E-state index in [0.29, 0.717) is 26.2 Å². The summed E-state index contributed by atoms with van der Waals surface area (Å²) in [6.45, 7) is 3.68. The van der Waals surface area contributed by atoms with Gasteiger partial charge in [0.25, 0.3) is 0 Å². The average Bonchev–Trinajstić information content (AvgIpc) is 2.50. The number of carboxylic acids is 1. The normalized spacial score (nSPS) is 16.4. The van der Waals surface area contributed by atoms with Crippen LogP contribution in [0, 0.1) is 5.82 Å². The standard InChI is InChI=1S/C14H20FN3O4/c1-8(7-19)17-11-9(14(21)22)6-10(15)12(13(11)20)18-4-2-16-3-5-18/h6,8,16-17,19-20H,2-5,7H2,1H3,(H,21,22). The fourth-order valence-electron chi connectivity index (χ4n) is 2.42. The number of carboxylic acid groups (broad SMARTS) is 1. The molecule has 0 saturated carbocycles. The van der Waals surface area contributed by atoms with Gasteiger partial charge in [-0.1, -0.05) is 0 Å². The van der Waals surface area contributed by atoms with E-state index in [2.05, 4.69) is 10.6 Å². The Morgan fingerprint density at radius 1 is 1.50 bits per heavy atom. The number of aliphatic hydroxyl groups excluding tert-OH is 1. The zero-order valence-electron chi connectivity index (χ0n) is 12.3. The number of anilines is 2. The quantitative estimate of drug-likeness (QED) is 0.502. The van der Waals surface area contributed by atoms with Gasteiger partial charge in [0.15, 0.2) is 11.6 Å². The van der Waals surface area contributed by atoms with Gasteiger partial charge in [-0.25, -0.2) is 9.18 Å². The van der Waals surface area contributed by atoms with Crippen LogP contribution in [0.1, 0.15) is 17.3 Å². The fourth-order valence-corrected chi connectivity index (χ4v) is 2.42. The number of hydrogen-bond acceptors (Lipinski definition) is 6. The topological polar surface area (TPSA) is 105 Å². The molecule has 1 heterocycles. The summed E-state index contributed by atoms with van der Waals surface area (Å²) in [6.07, 6.45) is 0. The molecule has 1 aliphatic heterocycles. The van der Waals surface area contributed by atoms with Crippen LogP contribution in [-0.4, -0.2) is 60.1 Å². The smallest absolute Gasteiger partial charge is 0.338 e. The summed E-state index contributed by atoms with van der Waals surface area (Å²) in [5.74, 6) is -2.58. The molecule has 22 heavy (non-hydrogen) atoms. The molecule has 122 valence electrons. The first-order valence-corrected chi connectivity index (χ1v) is 7.07. The number of carbonyl (C=O) groups is 1. The van der Waals surface area contributed by atoms with Crippen LogP contribution in [0.25, 0.3) is 0 Å². The highest BCUT2D eigenvalue weighted by Crippen LogP contribution is 2.40. The van der Waals surface area contributed by atoms with Crippen LogP contribution in [0.15, 0.2) is 6.07 Å². The number of rotatable bonds is 5. The lowest BCUT2D eigenvalue weighted by Crippen LogP contribution is -2.44. The average molecular weight is 313 g/mol. The third-order valence-electron chi connectivity index (χ3n) is 3.56. The van der Waals surface area contributed by atoms with Crippen LogP contribution >= 0.6 is 0 Å². The Hall–Kier alpha value is -2.06. The summed E-state index contributed by atoms with van der Waals surface area (Å²) in [6, 6.07) is 0.414. The molecule has 1 aromatic rings. The predicted octanol–water partition coefficient (Wildman–Crippen LogP) is 0.432. The predicted molar refractivity (Wildman–Crippen MR) is 80.3 cm³/mol. The summed E-state index contributed by atoms with van der Waals surface area (Å²) < 4.78 is 14.3. The number of aliphatic hydroxyl groups is 1. The first kappa shape index (κ1) is 16.3. The maximum Gasteiger partial charge on any atom is 0.338 e. The lowest BCUT2D eigenvalue weighted by Gasteiger charge is -2.31. The van der Waals surface area contributed by atoms with Crippen molar-refractivity contribution in [1.82, 2.24) is 5.32 Å². The van der Waals surface area contributed by atoms with Crippen molar-refractivity contribution in [1.29, 1.82) is 0 Å². The van der Waals surface area contributed by atoms with Gasteiger partial charge in [-0.15, -0.1) is 0 Å². The summed E-state index contributed by atoms with van der Waals surface area (Å²) in [5.41, 5.74) is -0.461. The number of benzene rings is 1. The van der Waals surface area contributed by atoms with Gasteiger partial charge < -0.3 is 30.9 Å². The molecule has 0 radical (unpaired) electrons. The molecule has 1 fully saturated rings. The van der Waals surface area contributed by atoms with Crippen LogP contribution in [0.2, 0.25) is 0 Å². The first-order valence-electron chi connectivity index (χ1n) is 7.07. The number of aromatic hydroxyl groups is 1. The van der Waals surface area contributed by atoms with Gasteiger partial charge in [0.2, 0.25) is 0 Å². The fraction of sp³-hybridized carbons (Fsp3) is 0.500. The molecule has 1 unspecified atom stereocenters. The molecule has 0 bridgehead atoms. The van der Waals surface area contributed by atoms with Crippen molar-refractivity contribution in [3.05, 3.63) is 17.4 Å². The summed E-state index contributed by atoms with van der Waals surface area (Å²) in [7, 11) is 0. The van der Waals surface area contributed by atoms with Crippen LogP contribution in [0.4, 0.5) is 15.8 Å². The zero-order valence-corrected chi connectivity index (χ0v) is 12.3. The summed E-state index contributed by atoms with van der Waals surface area (Å²) in [5, 5.41) is 34.5. The molecule has 7 nitrogen and oxygen atoms in total. The molecule has 1 atom stereocenters. The molecule has 5 N–H and O–H groups in total. The summed E-state index contributed by atoms with van der Waals surface area (Å²) >= 11 is 0. The molecule has 2 rings (SSSR count). The second kappa shape index (κ2) is 6.80. The second-order valence-electron chi connectivity index (χ2n) is 5.25. The molecule has 0 aromatic heterocycles. The van der Waals surface area contributed by atoms with Crippen LogP contribution < -0.4 is 15.5 Å². The summed E-state index contributed by atoms with van der Waals surface area (Å²) in [4.78, 5) is 12.9. The Morgan fingerprint density at radius 2 is 2.14 bits per heavy atom. The van der Waals surface area contributed by atoms with E-state index < -0.39 is 23.6 Å². The van der Waals surface area contributed by atoms with E-state index in [1.165, 1.54) is 0 Å². The molecule has 0 amide bonds. The van der Waals surface area contributed by atoms with Gasteiger partial charge in [-0.05, 0) is 13.0 Å². The first-order chi connectivity index (χ1) is 10.5. The lowest BCUT2D eigenvalue weighted by atomic mass is 10.1. The van der Waals surface area contributed by atoms with Crippen molar-refractivity contribution in [2.75, 3.05) is 43.0 Å². The SMILES string of the molecule is CC(CO)Nc1c(C(=O)O)cc(F)c(N2CCNCC2)c1O. The van der Waals surface area contributed by atoms with Crippen molar-refractivity contribution in [2.45, 2.75) is 13.0 Å². The largest absolute Gasteiger partial charge is 0.504 e. The van der Waals surface area contributed by atoms with E-state index >= 15 is 0 Å². The number of halogens is 1. The minimum atomic E-state index is -1.35. The van der Waals surface area contributed by atoms with Gasteiger partial charge in [0.1, 0.15) is 5.69 Å². The highest BCUT2D eigenvalue weighted by molar-refractivity contribution is 5.98. The van der Waals surface area contributed by atoms with Crippen molar-refractivity contribution in [2.24, 2.45) is 0 Å². The maximum absolute atomic E-state index is 14.3. The van der Waals surface area contributed by atoms with Crippen molar-refractivity contribution in [3.63, 3.8) is 0 Å². The molecular weight excluding hydrogens is 293 g/mol. The lowest BCUT2D eigenvalue weighted by molar-refractivity contribution is 0.0697. The Balaban J connectivity index is 2.50. The molecule has 0 aliphatic carbocycles. The van der Waals surface area contributed by atoms with Crippen molar-refractivity contribution >= 4 is 17.3 Å².